The highest BCUT2D eigenvalue weighted by atomic mass is 16.4. The number of rotatable bonds is 11. The maximum atomic E-state index is 12.2. The molecular weight excluding hydrogens is 398 g/mol. The summed E-state index contributed by atoms with van der Waals surface area (Å²) in [5, 5.41) is 53.2. The molecule has 1 aromatic rings. The van der Waals surface area contributed by atoms with Crippen molar-refractivity contribution in [2.24, 2.45) is 10.3 Å². The fourth-order valence-electron chi connectivity index (χ4n) is 2.47. The van der Waals surface area contributed by atoms with Gasteiger partial charge in [-0.3, -0.25) is 9.59 Å². The van der Waals surface area contributed by atoms with Crippen LogP contribution in [0.3, 0.4) is 0 Å². The summed E-state index contributed by atoms with van der Waals surface area (Å²) in [4.78, 5) is 34.8. The van der Waals surface area contributed by atoms with E-state index in [0.29, 0.717) is 18.4 Å². The van der Waals surface area contributed by atoms with Gasteiger partial charge in [-0.25, -0.2) is 5.43 Å². The van der Waals surface area contributed by atoms with Crippen LogP contribution in [0, 0.1) is 4.91 Å². The molecule has 2 rings (SSSR count). The van der Waals surface area contributed by atoms with Crippen LogP contribution in [0.4, 0.5) is 0 Å². The summed E-state index contributed by atoms with van der Waals surface area (Å²) in [6.45, 7) is -0.818. The molecular formula is C19H23N3O8. The van der Waals surface area contributed by atoms with Crippen molar-refractivity contribution in [2.45, 2.75) is 42.8 Å². The van der Waals surface area contributed by atoms with E-state index in [9.17, 15) is 34.9 Å². The van der Waals surface area contributed by atoms with Crippen LogP contribution in [-0.2, 0) is 4.79 Å². The minimum absolute atomic E-state index is 0.183. The molecule has 1 saturated carbocycles. The predicted octanol–water partition coefficient (Wildman–Crippen LogP) is -1.28. The molecule has 4 atom stereocenters. The maximum Gasteiger partial charge on any atom is 0.271 e. The van der Waals surface area contributed by atoms with Crippen LogP contribution in [0.2, 0.25) is 0 Å². The van der Waals surface area contributed by atoms with Crippen molar-refractivity contribution in [1.29, 1.82) is 0 Å². The number of aliphatic hydroxyl groups excluding tert-OH is 5. The van der Waals surface area contributed by atoms with Crippen molar-refractivity contribution >= 4 is 24.0 Å². The van der Waals surface area contributed by atoms with Gasteiger partial charge in [0.2, 0.25) is 0 Å². The number of amides is 1. The second-order valence-corrected chi connectivity index (χ2v) is 6.89. The summed E-state index contributed by atoms with van der Waals surface area (Å²) < 4.78 is 0. The van der Waals surface area contributed by atoms with Crippen LogP contribution in [0.5, 0.6) is 0 Å². The SMILES string of the molecule is O=NC1(C(=O)/C=C/c2cccc(C(=O)N/N=C/[C@H](O)[C@@H](O)[C@@H](O)[C@H](O)CO)c2)CC1. The summed E-state index contributed by atoms with van der Waals surface area (Å²) in [5.41, 5.74) is 1.68. The normalized spacial score (nSPS) is 19.2. The van der Waals surface area contributed by atoms with Crippen LogP contribution in [0.25, 0.3) is 6.08 Å². The van der Waals surface area contributed by atoms with Gasteiger partial charge in [0.1, 0.15) is 24.4 Å². The Hall–Kier alpha value is -2.83. The molecule has 1 aromatic carbocycles. The molecule has 30 heavy (non-hydrogen) atoms. The second kappa shape index (κ2) is 10.3. The maximum absolute atomic E-state index is 12.2. The number of aliphatic hydroxyl groups is 5. The quantitative estimate of drug-likeness (QED) is 0.110. The van der Waals surface area contributed by atoms with Gasteiger partial charge in [-0.15, -0.1) is 4.91 Å². The van der Waals surface area contributed by atoms with E-state index in [0.717, 1.165) is 6.21 Å². The van der Waals surface area contributed by atoms with Crippen LogP contribution in [-0.4, -0.2) is 80.0 Å². The molecule has 6 N–H and O–H groups in total. The van der Waals surface area contributed by atoms with Gasteiger partial charge in [0.25, 0.3) is 5.91 Å². The Kier molecular flexibility index (Phi) is 8.03. The first-order valence-corrected chi connectivity index (χ1v) is 9.08. The zero-order chi connectivity index (χ0) is 22.3. The summed E-state index contributed by atoms with van der Waals surface area (Å²) >= 11 is 0. The van der Waals surface area contributed by atoms with Crippen molar-refractivity contribution in [2.75, 3.05) is 6.61 Å². The van der Waals surface area contributed by atoms with Gasteiger partial charge in [-0.2, -0.15) is 5.10 Å². The van der Waals surface area contributed by atoms with E-state index in [-0.39, 0.29) is 5.56 Å². The lowest BCUT2D eigenvalue weighted by Gasteiger charge is -2.23. The fraction of sp³-hybridized carbons (Fsp3) is 0.421. The number of ketones is 1. The Labute approximate surface area is 171 Å². The van der Waals surface area contributed by atoms with Crippen molar-refractivity contribution in [3.63, 3.8) is 0 Å². The van der Waals surface area contributed by atoms with Gasteiger partial charge < -0.3 is 25.5 Å². The minimum atomic E-state index is -1.84. The minimum Gasteiger partial charge on any atom is -0.394 e. The molecule has 0 unspecified atom stereocenters. The van der Waals surface area contributed by atoms with E-state index >= 15 is 0 Å². The number of nitroso groups, excluding NO2 is 1. The molecule has 0 radical (unpaired) electrons. The third kappa shape index (κ3) is 5.84. The largest absolute Gasteiger partial charge is 0.394 e. The lowest BCUT2D eigenvalue weighted by atomic mass is 10.0. The number of hydrogen-bond acceptors (Lipinski definition) is 10. The summed E-state index contributed by atoms with van der Waals surface area (Å²) in [5.74, 6) is -1.04. The Balaban J connectivity index is 1.94. The van der Waals surface area contributed by atoms with Crippen LogP contribution in [0.1, 0.15) is 28.8 Å². The van der Waals surface area contributed by atoms with E-state index in [2.05, 4.69) is 15.7 Å². The zero-order valence-corrected chi connectivity index (χ0v) is 15.8. The van der Waals surface area contributed by atoms with E-state index in [1.807, 2.05) is 0 Å². The lowest BCUT2D eigenvalue weighted by Crippen LogP contribution is -2.46. The van der Waals surface area contributed by atoms with Gasteiger partial charge in [0.05, 0.1) is 12.8 Å². The van der Waals surface area contributed by atoms with Crippen molar-refractivity contribution in [3.05, 3.63) is 46.4 Å². The second-order valence-electron chi connectivity index (χ2n) is 6.89. The van der Waals surface area contributed by atoms with Crippen LogP contribution >= 0.6 is 0 Å². The summed E-state index contributed by atoms with van der Waals surface area (Å²) in [7, 11) is 0. The lowest BCUT2D eigenvalue weighted by molar-refractivity contribution is -0.116. The average Bonchev–Trinajstić information content (AvgIpc) is 3.57. The van der Waals surface area contributed by atoms with Crippen molar-refractivity contribution in [1.82, 2.24) is 5.43 Å². The monoisotopic (exact) mass is 421 g/mol. The van der Waals surface area contributed by atoms with Gasteiger partial charge >= 0.3 is 0 Å². The molecule has 11 heteroatoms. The molecule has 1 amide bonds. The van der Waals surface area contributed by atoms with Gasteiger partial charge in [0, 0.05) is 5.56 Å². The molecule has 1 fully saturated rings. The number of nitrogens with one attached hydrogen (secondary N) is 1. The molecule has 0 heterocycles. The highest BCUT2D eigenvalue weighted by Crippen LogP contribution is 2.40. The molecule has 0 aromatic heterocycles. The first-order valence-electron chi connectivity index (χ1n) is 9.08. The summed E-state index contributed by atoms with van der Waals surface area (Å²) in [6.07, 6.45) is -2.72. The third-order valence-electron chi connectivity index (χ3n) is 4.61. The van der Waals surface area contributed by atoms with E-state index in [1.165, 1.54) is 24.3 Å². The zero-order valence-electron chi connectivity index (χ0n) is 15.8. The van der Waals surface area contributed by atoms with E-state index in [1.54, 1.807) is 12.1 Å². The number of carbonyl (C=O) groups is 2. The molecule has 1 aliphatic rings. The number of carbonyl (C=O) groups excluding carboxylic acids is 2. The highest BCUT2D eigenvalue weighted by molar-refractivity contribution is 6.03. The summed E-state index contributed by atoms with van der Waals surface area (Å²) in [6, 6.07) is 6.16. The Morgan fingerprint density at radius 2 is 1.87 bits per heavy atom. The van der Waals surface area contributed by atoms with E-state index in [4.69, 9.17) is 5.11 Å². The van der Waals surface area contributed by atoms with Gasteiger partial charge in [0.15, 0.2) is 11.3 Å². The average molecular weight is 421 g/mol. The Morgan fingerprint density at radius 1 is 1.17 bits per heavy atom. The molecule has 1 aliphatic carbocycles. The molecule has 0 aliphatic heterocycles. The van der Waals surface area contributed by atoms with Crippen molar-refractivity contribution in [3.8, 4) is 0 Å². The van der Waals surface area contributed by atoms with Crippen LogP contribution in [0.15, 0.2) is 40.6 Å². The number of nitrogens with zero attached hydrogens (tertiary/aromatic N) is 2. The number of hydrogen-bond donors (Lipinski definition) is 6. The van der Waals surface area contributed by atoms with Crippen molar-refractivity contribution < 1.29 is 35.1 Å². The van der Waals surface area contributed by atoms with Crippen LogP contribution < -0.4 is 5.43 Å². The standard InChI is InChI=1S/C19H23N3O8/c23-10-14(25)17(28)16(27)13(24)9-20-21-18(29)12-3-1-2-11(8-12)4-5-15(26)19(22-30)6-7-19/h1-5,8-9,13-14,16-17,23-25,27-28H,6-7,10H2,(H,21,29)/b5-4+,20-9+/t13-,14+,16+,17-/m0/s1. The topological polar surface area (TPSA) is 189 Å². The molecule has 11 nitrogen and oxygen atoms in total. The first-order chi connectivity index (χ1) is 14.2. The highest BCUT2D eigenvalue weighted by Gasteiger charge is 2.50. The smallest absolute Gasteiger partial charge is 0.271 e. The predicted molar refractivity (Wildman–Crippen MR) is 105 cm³/mol. The van der Waals surface area contributed by atoms with Gasteiger partial charge in [-0.1, -0.05) is 23.4 Å². The fourth-order valence-corrected chi connectivity index (χ4v) is 2.47. The molecule has 0 saturated heterocycles. The Morgan fingerprint density at radius 3 is 2.47 bits per heavy atom. The van der Waals surface area contributed by atoms with Gasteiger partial charge in [-0.05, 0) is 36.6 Å². The number of hydrazone groups is 1. The Bertz CT molecular complexity index is 837. The molecule has 162 valence electrons. The van der Waals surface area contributed by atoms with E-state index < -0.39 is 48.3 Å². The molecule has 0 bridgehead atoms. The number of benzene rings is 1. The first kappa shape index (κ1) is 23.4. The molecule has 0 spiro atoms. The third-order valence-corrected chi connectivity index (χ3v) is 4.61.